The van der Waals surface area contributed by atoms with Crippen molar-refractivity contribution in [2.24, 2.45) is 13.0 Å². The minimum atomic E-state index is -0.723. The first-order chi connectivity index (χ1) is 6.20. The number of rotatable bonds is 2. The van der Waals surface area contributed by atoms with E-state index in [1.54, 1.807) is 10.9 Å². The number of carboxylic acids is 1. The number of carbonyl (C=O) groups is 1. The summed E-state index contributed by atoms with van der Waals surface area (Å²) in [5, 5.41) is 16.5. The van der Waals surface area contributed by atoms with E-state index < -0.39 is 5.97 Å². The maximum atomic E-state index is 10.7. The SMILES string of the molecule is Cn1cnnc1[C@@H]1CC[C@@H]1C(=O)O. The number of nitrogens with zero attached hydrogens (tertiary/aromatic N) is 3. The lowest BCUT2D eigenvalue weighted by molar-refractivity contribution is -0.145. The molecule has 1 N–H and O–H groups in total. The molecule has 0 aliphatic heterocycles. The monoisotopic (exact) mass is 181 g/mol. The Labute approximate surface area is 75.4 Å². The lowest BCUT2D eigenvalue weighted by Crippen LogP contribution is -2.32. The van der Waals surface area contributed by atoms with Crippen LogP contribution in [0, 0.1) is 5.92 Å². The molecule has 0 bridgehead atoms. The molecule has 0 amide bonds. The summed E-state index contributed by atoms with van der Waals surface area (Å²) in [7, 11) is 1.84. The summed E-state index contributed by atoms with van der Waals surface area (Å²) in [4.78, 5) is 10.7. The van der Waals surface area contributed by atoms with E-state index in [9.17, 15) is 4.79 Å². The Bertz CT molecular complexity index is 334. The van der Waals surface area contributed by atoms with Gasteiger partial charge in [0.1, 0.15) is 12.2 Å². The lowest BCUT2D eigenvalue weighted by atomic mass is 9.73. The van der Waals surface area contributed by atoms with E-state index in [1.165, 1.54) is 0 Å². The zero-order valence-corrected chi connectivity index (χ0v) is 7.34. The van der Waals surface area contributed by atoms with Crippen molar-refractivity contribution >= 4 is 5.97 Å². The van der Waals surface area contributed by atoms with E-state index in [0.29, 0.717) is 0 Å². The second-order valence-electron chi connectivity index (χ2n) is 3.43. The third-order valence-electron chi connectivity index (χ3n) is 2.67. The smallest absolute Gasteiger partial charge is 0.307 e. The lowest BCUT2D eigenvalue weighted by Gasteiger charge is -2.31. The molecule has 2 rings (SSSR count). The summed E-state index contributed by atoms with van der Waals surface area (Å²) in [5.74, 6) is -0.134. The molecular weight excluding hydrogens is 170 g/mol. The van der Waals surface area contributed by atoms with Gasteiger partial charge < -0.3 is 9.67 Å². The molecule has 0 saturated heterocycles. The minimum absolute atomic E-state index is 0.0602. The van der Waals surface area contributed by atoms with Crippen LogP contribution < -0.4 is 0 Å². The molecule has 0 radical (unpaired) electrons. The molecule has 1 aliphatic rings. The van der Waals surface area contributed by atoms with Gasteiger partial charge in [0.2, 0.25) is 0 Å². The molecule has 1 aromatic rings. The number of carboxylic acid groups (broad SMARTS) is 1. The molecule has 0 aromatic carbocycles. The molecular formula is C8H11N3O2. The highest BCUT2D eigenvalue weighted by atomic mass is 16.4. The van der Waals surface area contributed by atoms with Crippen LogP contribution in [-0.2, 0) is 11.8 Å². The molecule has 5 nitrogen and oxygen atoms in total. The largest absolute Gasteiger partial charge is 0.481 e. The number of hydrogen-bond acceptors (Lipinski definition) is 3. The van der Waals surface area contributed by atoms with Crippen molar-refractivity contribution in [1.82, 2.24) is 14.8 Å². The van der Waals surface area contributed by atoms with Crippen molar-refractivity contribution < 1.29 is 9.90 Å². The highest BCUT2D eigenvalue weighted by Crippen LogP contribution is 2.41. The second-order valence-corrected chi connectivity index (χ2v) is 3.43. The molecule has 1 heterocycles. The Kier molecular flexibility index (Phi) is 1.79. The predicted molar refractivity (Wildman–Crippen MR) is 44.1 cm³/mol. The van der Waals surface area contributed by atoms with Crippen molar-refractivity contribution in [3.8, 4) is 0 Å². The Morgan fingerprint density at radius 1 is 1.69 bits per heavy atom. The van der Waals surface area contributed by atoms with Gasteiger partial charge in [-0.25, -0.2) is 0 Å². The average Bonchev–Trinajstić information content (AvgIpc) is 2.33. The van der Waals surface area contributed by atoms with Crippen molar-refractivity contribution in [3.63, 3.8) is 0 Å². The van der Waals surface area contributed by atoms with Gasteiger partial charge in [0.15, 0.2) is 0 Å². The maximum Gasteiger partial charge on any atom is 0.307 e. The fourth-order valence-corrected chi connectivity index (χ4v) is 1.73. The highest BCUT2D eigenvalue weighted by Gasteiger charge is 2.40. The van der Waals surface area contributed by atoms with Crippen molar-refractivity contribution in [1.29, 1.82) is 0 Å². The van der Waals surface area contributed by atoms with Gasteiger partial charge in [-0.1, -0.05) is 0 Å². The van der Waals surface area contributed by atoms with Crippen LogP contribution in [-0.4, -0.2) is 25.8 Å². The van der Waals surface area contributed by atoms with Gasteiger partial charge in [-0.15, -0.1) is 10.2 Å². The molecule has 0 spiro atoms. The second kappa shape index (κ2) is 2.83. The van der Waals surface area contributed by atoms with Gasteiger partial charge in [0.05, 0.1) is 5.92 Å². The number of aromatic nitrogens is 3. The number of hydrogen-bond donors (Lipinski definition) is 1. The predicted octanol–water partition coefficient (Wildman–Crippen LogP) is 0.393. The Morgan fingerprint density at radius 3 is 2.85 bits per heavy atom. The Balaban J connectivity index is 2.19. The maximum absolute atomic E-state index is 10.7. The highest BCUT2D eigenvalue weighted by molar-refractivity contribution is 5.72. The van der Waals surface area contributed by atoms with E-state index >= 15 is 0 Å². The summed E-state index contributed by atoms with van der Waals surface area (Å²) in [5.41, 5.74) is 0. The van der Waals surface area contributed by atoms with Crippen LogP contribution in [0.2, 0.25) is 0 Å². The summed E-state index contributed by atoms with van der Waals surface area (Å²) in [6.07, 6.45) is 3.27. The zero-order chi connectivity index (χ0) is 9.42. The summed E-state index contributed by atoms with van der Waals surface area (Å²) in [6.45, 7) is 0. The summed E-state index contributed by atoms with van der Waals surface area (Å²) in [6, 6.07) is 0. The third-order valence-corrected chi connectivity index (χ3v) is 2.67. The molecule has 1 aromatic heterocycles. The first kappa shape index (κ1) is 8.22. The quantitative estimate of drug-likeness (QED) is 0.716. The van der Waals surface area contributed by atoms with E-state index in [4.69, 9.17) is 5.11 Å². The number of aryl methyl sites for hydroxylation is 1. The molecule has 13 heavy (non-hydrogen) atoms. The van der Waals surface area contributed by atoms with Crippen LogP contribution >= 0.6 is 0 Å². The van der Waals surface area contributed by atoms with Crippen molar-refractivity contribution in [3.05, 3.63) is 12.2 Å². The van der Waals surface area contributed by atoms with E-state index in [2.05, 4.69) is 10.2 Å². The Morgan fingerprint density at radius 2 is 2.46 bits per heavy atom. The molecule has 1 aliphatic carbocycles. The molecule has 0 unspecified atom stereocenters. The normalized spacial score (nSPS) is 26.8. The van der Waals surface area contributed by atoms with Gasteiger partial charge in [0.25, 0.3) is 0 Å². The first-order valence-electron chi connectivity index (χ1n) is 4.27. The Hall–Kier alpha value is -1.39. The molecule has 1 fully saturated rings. The van der Waals surface area contributed by atoms with Crippen LogP contribution in [0.4, 0.5) is 0 Å². The van der Waals surface area contributed by atoms with Crippen LogP contribution in [0.25, 0.3) is 0 Å². The van der Waals surface area contributed by atoms with E-state index in [-0.39, 0.29) is 11.8 Å². The summed E-state index contributed by atoms with van der Waals surface area (Å²) < 4.78 is 1.79. The molecule has 5 heteroatoms. The van der Waals surface area contributed by atoms with Crippen LogP contribution in [0.3, 0.4) is 0 Å². The van der Waals surface area contributed by atoms with Crippen molar-refractivity contribution in [2.75, 3.05) is 0 Å². The van der Waals surface area contributed by atoms with E-state index in [0.717, 1.165) is 18.7 Å². The van der Waals surface area contributed by atoms with Crippen LogP contribution in [0.15, 0.2) is 6.33 Å². The topological polar surface area (TPSA) is 68.0 Å². The van der Waals surface area contributed by atoms with Crippen LogP contribution in [0.1, 0.15) is 24.6 Å². The van der Waals surface area contributed by atoms with Crippen LogP contribution in [0.5, 0.6) is 0 Å². The van der Waals surface area contributed by atoms with Gasteiger partial charge in [-0.3, -0.25) is 4.79 Å². The summed E-state index contributed by atoms with van der Waals surface area (Å²) >= 11 is 0. The van der Waals surface area contributed by atoms with Gasteiger partial charge in [-0.05, 0) is 12.8 Å². The molecule has 1 saturated carbocycles. The van der Waals surface area contributed by atoms with Crippen molar-refractivity contribution in [2.45, 2.75) is 18.8 Å². The third kappa shape index (κ3) is 1.20. The molecule has 2 atom stereocenters. The first-order valence-corrected chi connectivity index (χ1v) is 4.27. The fraction of sp³-hybridized carbons (Fsp3) is 0.625. The minimum Gasteiger partial charge on any atom is -0.481 e. The zero-order valence-electron chi connectivity index (χ0n) is 7.34. The molecule has 70 valence electrons. The average molecular weight is 181 g/mol. The standard InChI is InChI=1S/C8H11N3O2/c1-11-4-9-10-7(11)5-2-3-6(5)8(12)13/h4-6H,2-3H2,1H3,(H,12,13)/t5-,6+/m1/s1. The van der Waals surface area contributed by atoms with E-state index in [1.807, 2.05) is 7.05 Å². The van der Waals surface area contributed by atoms with Gasteiger partial charge in [-0.2, -0.15) is 0 Å². The number of aliphatic carboxylic acids is 1. The van der Waals surface area contributed by atoms with Gasteiger partial charge >= 0.3 is 5.97 Å². The fourth-order valence-electron chi connectivity index (χ4n) is 1.73. The van der Waals surface area contributed by atoms with Gasteiger partial charge in [0, 0.05) is 13.0 Å².